The van der Waals surface area contributed by atoms with Crippen molar-refractivity contribution in [2.75, 3.05) is 0 Å². The lowest BCUT2D eigenvalue weighted by Gasteiger charge is -2.45. The number of primary amides is 1. The Morgan fingerprint density at radius 1 is 1.12 bits per heavy atom. The summed E-state index contributed by atoms with van der Waals surface area (Å²) in [6.07, 6.45) is 2.67. The first-order chi connectivity index (χ1) is 16.0. The van der Waals surface area contributed by atoms with Gasteiger partial charge in [0.05, 0.1) is 5.56 Å². The summed E-state index contributed by atoms with van der Waals surface area (Å²) >= 11 is 0. The van der Waals surface area contributed by atoms with Gasteiger partial charge in [-0.15, -0.1) is 0 Å². The lowest BCUT2D eigenvalue weighted by Crippen LogP contribution is -2.57. The molecule has 0 bridgehead atoms. The Morgan fingerprint density at radius 2 is 1.82 bits per heavy atom. The predicted molar refractivity (Wildman–Crippen MR) is 119 cm³/mol. The van der Waals surface area contributed by atoms with Gasteiger partial charge in [0.25, 0.3) is 5.91 Å². The number of aliphatic hydroxyl groups excluding tert-OH is 2. The number of aromatic hydroxyl groups is 1. The Labute approximate surface area is 195 Å². The summed E-state index contributed by atoms with van der Waals surface area (Å²) in [5.41, 5.74) is 2.10. The van der Waals surface area contributed by atoms with E-state index in [2.05, 4.69) is 0 Å². The summed E-state index contributed by atoms with van der Waals surface area (Å²) in [5, 5.41) is 42.9. The monoisotopic (exact) mass is 469 g/mol. The van der Waals surface area contributed by atoms with Crippen LogP contribution in [0.3, 0.4) is 0 Å². The third kappa shape index (κ3) is 3.34. The fourth-order valence-electron chi connectivity index (χ4n) is 5.55. The van der Waals surface area contributed by atoms with Crippen molar-refractivity contribution in [3.8, 4) is 5.75 Å². The van der Waals surface area contributed by atoms with E-state index in [0.717, 1.165) is 12.8 Å². The van der Waals surface area contributed by atoms with E-state index >= 15 is 0 Å². The maximum Gasteiger partial charge on any atom is 0.255 e. The Balaban J connectivity index is 1.82. The summed E-state index contributed by atoms with van der Waals surface area (Å²) in [5.74, 6) is -6.97. The number of nitrogens with two attached hydrogens (primary N) is 1. The molecule has 3 aliphatic rings. The van der Waals surface area contributed by atoms with Crippen molar-refractivity contribution in [3.05, 3.63) is 51.5 Å². The van der Waals surface area contributed by atoms with Gasteiger partial charge in [-0.25, -0.2) is 0 Å². The molecule has 1 aromatic carbocycles. The molecule has 0 fully saturated rings. The molecule has 6 N–H and O–H groups in total. The van der Waals surface area contributed by atoms with Crippen LogP contribution in [-0.4, -0.2) is 49.3 Å². The van der Waals surface area contributed by atoms with Gasteiger partial charge in [-0.1, -0.05) is 19.8 Å². The van der Waals surface area contributed by atoms with Crippen molar-refractivity contribution >= 4 is 23.3 Å². The molecule has 34 heavy (non-hydrogen) atoms. The Morgan fingerprint density at radius 3 is 2.47 bits per heavy atom. The second-order valence-electron chi connectivity index (χ2n) is 9.28. The maximum atomic E-state index is 13.5. The molecule has 0 unspecified atom stereocenters. The molecule has 0 aliphatic heterocycles. The zero-order valence-electron chi connectivity index (χ0n) is 18.8. The van der Waals surface area contributed by atoms with Crippen LogP contribution in [0, 0.1) is 11.8 Å². The summed E-state index contributed by atoms with van der Waals surface area (Å²) in [7, 11) is 0. The van der Waals surface area contributed by atoms with E-state index in [1.54, 1.807) is 0 Å². The van der Waals surface area contributed by atoms with Crippen molar-refractivity contribution in [1.82, 2.24) is 0 Å². The van der Waals surface area contributed by atoms with E-state index in [0.29, 0.717) is 24.0 Å². The maximum absolute atomic E-state index is 13.5. The molecule has 4 rings (SSSR count). The average molecular weight is 469 g/mol. The molecule has 0 spiro atoms. The number of aliphatic hydroxyl groups is 3. The number of hydrogen-bond acceptors (Lipinski definition) is 8. The lowest BCUT2D eigenvalue weighted by molar-refractivity contribution is -0.144. The summed E-state index contributed by atoms with van der Waals surface area (Å²) in [6.45, 7) is 2.02. The first-order valence-corrected chi connectivity index (χ1v) is 11.4. The molecule has 0 aromatic heterocycles. The van der Waals surface area contributed by atoms with Crippen molar-refractivity contribution in [3.63, 3.8) is 0 Å². The minimum atomic E-state index is -2.60. The normalized spacial score (nSPS) is 26.2. The van der Waals surface area contributed by atoms with Crippen LogP contribution in [0.5, 0.6) is 5.75 Å². The molecule has 3 aliphatic carbocycles. The van der Waals surface area contributed by atoms with E-state index in [1.165, 1.54) is 12.1 Å². The quantitative estimate of drug-likeness (QED) is 0.240. The standard InChI is InChI=1S/C25H27NO8/c1-2-3-4-5-15(27)13-6-7-16(28)19-14(13)9-11-8-12-10-17(29)20(24(26)33)23(32)25(12,34)22(31)18(11)21(19)30/h6-7,11-12,28-29,31,34H,2-5,8-10H2,1H3,(H2,26,33)/t11-,12+,25+/m1/s1. The minimum absolute atomic E-state index is 0.0298. The Kier molecular flexibility index (Phi) is 5.85. The molecule has 3 atom stereocenters. The second-order valence-corrected chi connectivity index (χ2v) is 9.28. The van der Waals surface area contributed by atoms with Gasteiger partial charge in [-0.2, -0.15) is 0 Å². The van der Waals surface area contributed by atoms with Crippen LogP contribution in [0.2, 0.25) is 0 Å². The highest BCUT2D eigenvalue weighted by molar-refractivity contribution is 6.24. The predicted octanol–water partition coefficient (Wildman–Crippen LogP) is 2.34. The van der Waals surface area contributed by atoms with Crippen LogP contribution in [-0.2, 0) is 16.0 Å². The van der Waals surface area contributed by atoms with Gasteiger partial charge in [-0.05, 0) is 42.9 Å². The number of amides is 1. The van der Waals surface area contributed by atoms with Gasteiger partial charge in [0.15, 0.2) is 17.2 Å². The number of carbonyl (C=O) groups is 4. The van der Waals surface area contributed by atoms with Gasteiger partial charge in [0.1, 0.15) is 22.8 Å². The number of ketones is 3. The van der Waals surface area contributed by atoms with Crippen LogP contribution in [0.25, 0.3) is 0 Å². The number of Topliss-reactive ketones (excluding diaryl/α,β-unsaturated/α-hetero) is 3. The van der Waals surface area contributed by atoms with E-state index in [1.807, 2.05) is 6.92 Å². The smallest absolute Gasteiger partial charge is 0.255 e. The summed E-state index contributed by atoms with van der Waals surface area (Å²) in [4.78, 5) is 51.0. The zero-order chi connectivity index (χ0) is 24.9. The lowest BCUT2D eigenvalue weighted by atomic mass is 9.60. The molecular weight excluding hydrogens is 442 g/mol. The fourth-order valence-corrected chi connectivity index (χ4v) is 5.55. The van der Waals surface area contributed by atoms with Crippen LogP contribution in [0.1, 0.15) is 71.7 Å². The molecule has 1 amide bonds. The number of unbranched alkanes of at least 4 members (excludes halogenated alkanes) is 2. The van der Waals surface area contributed by atoms with Crippen molar-refractivity contribution in [2.24, 2.45) is 17.6 Å². The molecule has 0 saturated heterocycles. The first kappa shape index (κ1) is 23.7. The minimum Gasteiger partial charge on any atom is -0.511 e. The van der Waals surface area contributed by atoms with E-state index < -0.39 is 52.0 Å². The first-order valence-electron chi connectivity index (χ1n) is 11.4. The van der Waals surface area contributed by atoms with E-state index in [4.69, 9.17) is 5.73 Å². The highest BCUT2D eigenvalue weighted by Gasteiger charge is 2.59. The number of hydrogen-bond donors (Lipinski definition) is 5. The van der Waals surface area contributed by atoms with Gasteiger partial charge >= 0.3 is 0 Å². The van der Waals surface area contributed by atoms with Crippen LogP contribution in [0.4, 0.5) is 0 Å². The Bertz CT molecular complexity index is 1190. The van der Waals surface area contributed by atoms with Gasteiger partial charge in [0.2, 0.25) is 5.78 Å². The van der Waals surface area contributed by atoms with Crippen molar-refractivity contribution < 1.29 is 39.6 Å². The zero-order valence-corrected chi connectivity index (χ0v) is 18.8. The number of allylic oxidation sites excluding steroid dienone is 2. The van der Waals surface area contributed by atoms with Gasteiger partial charge in [-0.3, -0.25) is 19.2 Å². The third-order valence-corrected chi connectivity index (χ3v) is 7.25. The molecule has 0 heterocycles. The largest absolute Gasteiger partial charge is 0.511 e. The van der Waals surface area contributed by atoms with Crippen LogP contribution < -0.4 is 5.73 Å². The topological polar surface area (TPSA) is 175 Å². The van der Waals surface area contributed by atoms with Crippen LogP contribution in [0.15, 0.2) is 34.8 Å². The number of phenols is 1. The molecule has 180 valence electrons. The van der Waals surface area contributed by atoms with Crippen molar-refractivity contribution in [1.29, 1.82) is 0 Å². The molecule has 0 radical (unpaired) electrons. The SMILES string of the molecule is CCCCCC(=O)c1ccc(O)c2c1C[C@H]1C[C@H]3CC(O)=C(C(N)=O)C(=O)[C@@]3(O)C(O)=C1C2=O. The van der Waals surface area contributed by atoms with Crippen molar-refractivity contribution in [2.45, 2.75) is 57.5 Å². The number of phenolic OH excluding ortho intramolecular Hbond substituents is 1. The number of carbonyl (C=O) groups excluding carboxylic acids is 4. The summed E-state index contributed by atoms with van der Waals surface area (Å²) < 4.78 is 0. The molecule has 1 aromatic rings. The Hall–Kier alpha value is -3.46. The van der Waals surface area contributed by atoms with E-state index in [-0.39, 0.29) is 41.9 Å². The summed E-state index contributed by atoms with van der Waals surface area (Å²) in [6, 6.07) is 2.74. The number of rotatable bonds is 6. The second kappa shape index (κ2) is 8.39. The average Bonchev–Trinajstić information content (AvgIpc) is 2.76. The van der Waals surface area contributed by atoms with Gasteiger partial charge < -0.3 is 26.2 Å². The fraction of sp³-hybridized carbons (Fsp3) is 0.440. The van der Waals surface area contributed by atoms with Gasteiger partial charge in [0, 0.05) is 29.9 Å². The molecule has 9 nitrogen and oxygen atoms in total. The molecule has 9 heteroatoms. The van der Waals surface area contributed by atoms with E-state index in [9.17, 15) is 39.6 Å². The third-order valence-electron chi connectivity index (χ3n) is 7.25. The molecular formula is C25H27NO8. The highest BCUT2D eigenvalue weighted by atomic mass is 16.3. The van der Waals surface area contributed by atoms with Crippen LogP contribution >= 0.6 is 0 Å². The molecule has 0 saturated carbocycles. The number of benzene rings is 1. The highest BCUT2D eigenvalue weighted by Crippen LogP contribution is 2.51. The number of fused-ring (bicyclic) bond motifs is 3.